The molecule has 1 saturated heterocycles. The normalized spacial score (nSPS) is 37.8. The van der Waals surface area contributed by atoms with Crippen LogP contribution in [0.15, 0.2) is 54.6 Å². The monoisotopic (exact) mass is 773 g/mol. The molecular weight excluding hydrogens is 701 g/mol. The van der Waals surface area contributed by atoms with Gasteiger partial charge in [0.2, 0.25) is 17.7 Å². The molecule has 0 spiro atoms. The predicted octanol–water partition coefficient (Wildman–Crippen LogP) is 6.34. The van der Waals surface area contributed by atoms with Gasteiger partial charge in [-0.2, -0.15) is 0 Å². The van der Waals surface area contributed by atoms with Crippen molar-refractivity contribution >= 4 is 17.7 Å². The summed E-state index contributed by atoms with van der Waals surface area (Å²) < 4.78 is 0. The number of likely N-dealkylation sites (tertiary alicyclic amines) is 1. The molecule has 4 aliphatic carbocycles. The summed E-state index contributed by atoms with van der Waals surface area (Å²) in [6.07, 6.45) is 8.05. The number of carbonyl (C=O) groups is 3. The number of nitrogens with one attached hydrogen (secondary N) is 3. The van der Waals surface area contributed by atoms with Gasteiger partial charge in [-0.25, -0.2) is 0 Å². The molecule has 310 valence electrons. The number of benzene rings is 1. The molecule has 12 unspecified atom stereocenters. The Morgan fingerprint density at radius 1 is 0.804 bits per heavy atom. The van der Waals surface area contributed by atoms with E-state index in [1.165, 1.54) is 5.57 Å². The average molecular weight is 773 g/mol. The molecular formula is C47H72N4O5. The van der Waals surface area contributed by atoms with E-state index in [-0.39, 0.29) is 71.4 Å². The van der Waals surface area contributed by atoms with E-state index in [2.05, 4.69) is 70.7 Å². The summed E-state index contributed by atoms with van der Waals surface area (Å²) in [6.45, 7) is 22.7. The maximum Gasteiger partial charge on any atom is 0.240 e. The van der Waals surface area contributed by atoms with E-state index in [4.69, 9.17) is 0 Å². The fraction of sp³-hybridized carbons (Fsp3) is 0.723. The van der Waals surface area contributed by atoms with Crippen molar-refractivity contribution in [1.29, 1.82) is 0 Å². The standard InChI is InChI=1S/C47H72N4O5/c1-28(2)33-18-23-46(7)21-12-14-30(5)38(46)40(33)49-44(55)35-26-36(52)43(54)42(51(35)27-37(53)48-25-20-32-16-10-9-11-17-32)45(56)50-41-34(29(3)4)19-24-47(8)22-13-15-31(6)39(41)47/h9-11,16-17,28-29,33-36,38-43,52,54H,5-6,12-15,18-27H2,1-4,7-8H3,(H,48,53)(H,49,55)(H,50,56). The third-order valence-electron chi connectivity index (χ3n) is 15.4. The topological polar surface area (TPSA) is 131 Å². The molecule has 4 saturated carbocycles. The first kappa shape index (κ1) is 42.6. The average Bonchev–Trinajstić information content (AvgIpc) is 3.13. The third kappa shape index (κ3) is 8.70. The number of hydrogen-bond acceptors (Lipinski definition) is 6. The van der Waals surface area contributed by atoms with Gasteiger partial charge in [0.25, 0.3) is 0 Å². The van der Waals surface area contributed by atoms with Crippen molar-refractivity contribution in [2.75, 3.05) is 13.1 Å². The molecule has 1 heterocycles. The molecule has 1 aromatic rings. The molecule has 1 aromatic carbocycles. The first-order chi connectivity index (χ1) is 26.5. The van der Waals surface area contributed by atoms with Gasteiger partial charge in [0.1, 0.15) is 12.1 Å². The second kappa shape index (κ2) is 17.5. The van der Waals surface area contributed by atoms with E-state index >= 15 is 0 Å². The van der Waals surface area contributed by atoms with Crippen LogP contribution < -0.4 is 16.0 Å². The molecule has 9 nitrogen and oxygen atoms in total. The van der Waals surface area contributed by atoms with Crippen molar-refractivity contribution in [1.82, 2.24) is 20.9 Å². The number of hydrogen-bond donors (Lipinski definition) is 5. The minimum atomic E-state index is -1.49. The van der Waals surface area contributed by atoms with Crippen molar-refractivity contribution in [2.24, 2.45) is 46.3 Å². The van der Waals surface area contributed by atoms with E-state index in [0.29, 0.717) is 24.8 Å². The molecule has 56 heavy (non-hydrogen) atoms. The Morgan fingerprint density at radius 2 is 1.32 bits per heavy atom. The largest absolute Gasteiger partial charge is 0.390 e. The summed E-state index contributed by atoms with van der Waals surface area (Å²) in [4.78, 5) is 45.2. The maximum absolute atomic E-state index is 14.9. The number of nitrogens with zero attached hydrogens (tertiary/aromatic N) is 1. The molecule has 1 aliphatic heterocycles. The van der Waals surface area contributed by atoms with Crippen LogP contribution in [0.2, 0.25) is 0 Å². The highest BCUT2D eigenvalue weighted by molar-refractivity contribution is 5.89. The van der Waals surface area contributed by atoms with Gasteiger partial charge in [0.05, 0.1) is 18.7 Å². The van der Waals surface area contributed by atoms with E-state index in [1.807, 2.05) is 30.3 Å². The number of carbonyl (C=O) groups excluding carboxylic acids is 3. The zero-order valence-electron chi connectivity index (χ0n) is 35.2. The number of amides is 3. The smallest absolute Gasteiger partial charge is 0.240 e. The fourth-order valence-corrected chi connectivity index (χ4v) is 12.3. The van der Waals surface area contributed by atoms with Crippen LogP contribution in [0.25, 0.3) is 0 Å². The molecule has 6 rings (SSSR count). The summed E-state index contributed by atoms with van der Waals surface area (Å²) in [5.41, 5.74) is 3.48. The van der Waals surface area contributed by atoms with E-state index in [1.54, 1.807) is 4.90 Å². The molecule has 3 amide bonds. The zero-order valence-corrected chi connectivity index (χ0v) is 35.2. The second-order valence-corrected chi connectivity index (χ2v) is 19.8. The Balaban J connectivity index is 1.31. The Morgan fingerprint density at radius 3 is 1.84 bits per heavy atom. The lowest BCUT2D eigenvalue weighted by Crippen LogP contribution is -2.70. The van der Waals surface area contributed by atoms with Crippen molar-refractivity contribution in [2.45, 2.75) is 155 Å². The van der Waals surface area contributed by atoms with Crippen LogP contribution >= 0.6 is 0 Å². The highest BCUT2D eigenvalue weighted by Crippen LogP contribution is 2.56. The number of aliphatic hydroxyl groups is 2. The SMILES string of the molecule is C=C1CCCC2(C)CCC(C(C)C)C(NC(=O)C3CC(O)C(O)C(C(=O)NC4C(C(C)C)CCC5(C)CCCC(=C)C45)N3CC(=O)NCCc3ccccc3)C12. The third-order valence-corrected chi connectivity index (χ3v) is 15.4. The van der Waals surface area contributed by atoms with Crippen molar-refractivity contribution in [3.63, 3.8) is 0 Å². The van der Waals surface area contributed by atoms with Crippen LogP contribution in [0.3, 0.4) is 0 Å². The van der Waals surface area contributed by atoms with Gasteiger partial charge in [0.15, 0.2) is 0 Å². The molecule has 5 N–H and O–H groups in total. The molecule has 12 atom stereocenters. The number of rotatable bonds is 11. The minimum absolute atomic E-state index is 0.00862. The molecule has 9 heteroatoms. The van der Waals surface area contributed by atoms with Crippen molar-refractivity contribution in [3.05, 3.63) is 60.2 Å². The van der Waals surface area contributed by atoms with Crippen LogP contribution in [0.4, 0.5) is 0 Å². The summed E-state index contributed by atoms with van der Waals surface area (Å²) in [5, 5.41) is 33.2. The Bertz CT molecular complexity index is 1600. The quantitative estimate of drug-likeness (QED) is 0.167. The molecule has 5 aliphatic rings. The van der Waals surface area contributed by atoms with Crippen molar-refractivity contribution < 1.29 is 24.6 Å². The maximum atomic E-state index is 14.9. The number of fused-ring (bicyclic) bond motifs is 2. The van der Waals surface area contributed by atoms with E-state index in [9.17, 15) is 24.6 Å². The molecule has 0 bridgehead atoms. The van der Waals surface area contributed by atoms with Crippen LogP contribution in [-0.4, -0.2) is 82.3 Å². The van der Waals surface area contributed by atoms with Gasteiger partial charge in [-0.3, -0.25) is 19.3 Å². The zero-order chi connectivity index (χ0) is 40.5. The van der Waals surface area contributed by atoms with Gasteiger partial charge in [0, 0.05) is 36.9 Å². The highest BCUT2D eigenvalue weighted by atomic mass is 16.3. The van der Waals surface area contributed by atoms with E-state index < -0.39 is 30.2 Å². The van der Waals surface area contributed by atoms with Gasteiger partial charge in [-0.05, 0) is 111 Å². The lowest BCUT2D eigenvalue weighted by Gasteiger charge is -2.55. The minimum Gasteiger partial charge on any atom is -0.390 e. The Hall–Kier alpha value is -3.01. The van der Waals surface area contributed by atoms with Crippen LogP contribution in [0.5, 0.6) is 0 Å². The summed E-state index contributed by atoms with van der Waals surface area (Å²) >= 11 is 0. The Kier molecular flexibility index (Phi) is 13.3. The predicted molar refractivity (Wildman–Crippen MR) is 222 cm³/mol. The highest BCUT2D eigenvalue weighted by Gasteiger charge is 2.55. The number of aliphatic hydroxyl groups excluding tert-OH is 2. The first-order valence-electron chi connectivity index (χ1n) is 21.9. The van der Waals surface area contributed by atoms with Gasteiger partial charge < -0.3 is 26.2 Å². The fourth-order valence-electron chi connectivity index (χ4n) is 12.3. The van der Waals surface area contributed by atoms with Crippen molar-refractivity contribution in [3.8, 4) is 0 Å². The van der Waals surface area contributed by atoms with Crippen LogP contribution in [0.1, 0.15) is 118 Å². The first-order valence-corrected chi connectivity index (χ1v) is 21.9. The Labute approximate surface area is 336 Å². The van der Waals surface area contributed by atoms with Gasteiger partial charge in [-0.15, -0.1) is 0 Å². The van der Waals surface area contributed by atoms with E-state index in [0.717, 1.165) is 75.3 Å². The molecule has 0 aromatic heterocycles. The summed E-state index contributed by atoms with van der Waals surface area (Å²) in [7, 11) is 0. The molecule has 0 radical (unpaired) electrons. The summed E-state index contributed by atoms with van der Waals surface area (Å²) in [5.74, 6) is 0.163. The number of piperidine rings is 1. The van der Waals surface area contributed by atoms with Gasteiger partial charge in [-0.1, -0.05) is 96.2 Å². The summed E-state index contributed by atoms with van der Waals surface area (Å²) in [6, 6.07) is 7.22. The molecule has 5 fully saturated rings. The lowest BCUT2D eigenvalue weighted by molar-refractivity contribution is -0.157. The second-order valence-electron chi connectivity index (χ2n) is 19.8. The van der Waals surface area contributed by atoms with Crippen LogP contribution in [-0.2, 0) is 20.8 Å². The van der Waals surface area contributed by atoms with Gasteiger partial charge >= 0.3 is 0 Å². The van der Waals surface area contributed by atoms with Crippen LogP contribution in [0, 0.1) is 46.3 Å². The lowest BCUT2D eigenvalue weighted by atomic mass is 9.53.